The summed E-state index contributed by atoms with van der Waals surface area (Å²) in [6, 6.07) is 1.70. The fourth-order valence-corrected chi connectivity index (χ4v) is 2.01. The van der Waals surface area contributed by atoms with Crippen LogP contribution in [0.2, 0.25) is 0 Å². The number of carboxylic acid groups (broad SMARTS) is 1. The number of aryl methyl sites for hydroxylation is 1. The van der Waals surface area contributed by atoms with Crippen LogP contribution < -0.4 is 10.6 Å². The minimum atomic E-state index is -1.06. The molecule has 18 heavy (non-hydrogen) atoms. The Morgan fingerprint density at radius 1 is 1.67 bits per heavy atom. The summed E-state index contributed by atoms with van der Waals surface area (Å²) < 4.78 is 5.11. The third-order valence-corrected chi connectivity index (χ3v) is 3.02. The van der Waals surface area contributed by atoms with Crippen LogP contribution in [0, 0.1) is 6.92 Å². The molecule has 0 radical (unpaired) electrons. The van der Waals surface area contributed by atoms with Gasteiger partial charge in [-0.25, -0.2) is 4.79 Å². The number of hydrogen-bond donors (Lipinski definition) is 3. The predicted octanol–water partition coefficient (Wildman–Crippen LogP) is 0.654. The van der Waals surface area contributed by atoms with Crippen LogP contribution in [0.15, 0.2) is 10.5 Å². The van der Waals surface area contributed by atoms with Crippen molar-refractivity contribution >= 4 is 11.9 Å². The van der Waals surface area contributed by atoms with Crippen molar-refractivity contribution in [1.29, 1.82) is 0 Å². The van der Waals surface area contributed by atoms with E-state index in [9.17, 15) is 9.59 Å². The Bertz CT molecular complexity index is 467. The zero-order valence-corrected chi connectivity index (χ0v) is 10.2. The number of furan rings is 1. The van der Waals surface area contributed by atoms with Crippen LogP contribution in [0.4, 0.5) is 0 Å². The second-order valence-corrected chi connectivity index (χ2v) is 4.43. The summed E-state index contributed by atoms with van der Waals surface area (Å²) in [5.74, 6) is -0.407. The van der Waals surface area contributed by atoms with Gasteiger partial charge in [-0.15, -0.1) is 0 Å². The van der Waals surface area contributed by atoms with Gasteiger partial charge in [0.1, 0.15) is 5.76 Å². The van der Waals surface area contributed by atoms with Crippen LogP contribution in [0.25, 0.3) is 0 Å². The molecule has 2 rings (SSSR count). The molecule has 1 aliphatic heterocycles. The van der Waals surface area contributed by atoms with Gasteiger partial charge in [-0.2, -0.15) is 0 Å². The molecule has 0 bridgehead atoms. The van der Waals surface area contributed by atoms with E-state index in [1.165, 1.54) is 6.07 Å². The van der Waals surface area contributed by atoms with E-state index in [1.807, 2.05) is 0 Å². The molecule has 6 heteroatoms. The summed E-state index contributed by atoms with van der Waals surface area (Å²) in [4.78, 5) is 21.7. The number of hydrogen-bond acceptors (Lipinski definition) is 4. The molecule has 1 aromatic heterocycles. The summed E-state index contributed by atoms with van der Waals surface area (Å²) in [5, 5.41) is 14.8. The number of carboxylic acids is 1. The van der Waals surface area contributed by atoms with E-state index in [0.29, 0.717) is 25.3 Å². The van der Waals surface area contributed by atoms with Crippen molar-refractivity contribution < 1.29 is 19.1 Å². The molecule has 1 unspecified atom stereocenters. The Hall–Kier alpha value is -1.82. The smallest absolute Gasteiger partial charge is 0.371 e. The summed E-state index contributed by atoms with van der Waals surface area (Å²) in [7, 11) is 0. The molecular formula is C12H16N2O4. The maximum atomic E-state index is 11.0. The zero-order chi connectivity index (χ0) is 13.1. The van der Waals surface area contributed by atoms with Gasteiger partial charge < -0.3 is 20.2 Å². The van der Waals surface area contributed by atoms with Crippen LogP contribution in [0.5, 0.6) is 0 Å². The fourth-order valence-electron chi connectivity index (χ4n) is 2.01. The Kier molecular flexibility index (Phi) is 3.66. The van der Waals surface area contributed by atoms with E-state index in [1.54, 1.807) is 6.92 Å². The topological polar surface area (TPSA) is 91.6 Å². The lowest BCUT2D eigenvalue weighted by atomic mass is 10.2. The van der Waals surface area contributed by atoms with Crippen molar-refractivity contribution in [2.45, 2.75) is 32.4 Å². The van der Waals surface area contributed by atoms with Gasteiger partial charge >= 0.3 is 5.97 Å². The monoisotopic (exact) mass is 252 g/mol. The molecule has 1 aliphatic rings. The average molecular weight is 252 g/mol. The fraction of sp³-hybridized carbons (Fsp3) is 0.500. The van der Waals surface area contributed by atoms with E-state index >= 15 is 0 Å². The summed E-state index contributed by atoms with van der Waals surface area (Å²) in [5.41, 5.74) is 0.830. The Labute approximate surface area is 104 Å². The standard InChI is InChI=1S/C12H16N2O4/c1-7-8(4-10(18-7)12(16)17)5-13-6-9-2-3-11(15)14-9/h4,9,13H,2-3,5-6H2,1H3,(H,14,15)(H,16,17). The molecule has 0 saturated carbocycles. The summed E-state index contributed by atoms with van der Waals surface area (Å²) in [6.45, 7) is 2.95. The third-order valence-electron chi connectivity index (χ3n) is 3.02. The van der Waals surface area contributed by atoms with Crippen molar-refractivity contribution in [3.63, 3.8) is 0 Å². The van der Waals surface area contributed by atoms with Crippen LogP contribution in [-0.2, 0) is 11.3 Å². The molecule has 3 N–H and O–H groups in total. The summed E-state index contributed by atoms with van der Waals surface area (Å²) in [6.07, 6.45) is 1.43. The van der Waals surface area contributed by atoms with Crippen LogP contribution in [0.1, 0.15) is 34.7 Å². The summed E-state index contributed by atoms with van der Waals surface area (Å²) >= 11 is 0. The van der Waals surface area contributed by atoms with Gasteiger partial charge in [-0.3, -0.25) is 4.79 Å². The van der Waals surface area contributed by atoms with E-state index in [2.05, 4.69) is 10.6 Å². The van der Waals surface area contributed by atoms with Crippen LogP contribution in [-0.4, -0.2) is 29.6 Å². The van der Waals surface area contributed by atoms with Crippen molar-refractivity contribution in [2.75, 3.05) is 6.54 Å². The van der Waals surface area contributed by atoms with Crippen LogP contribution >= 0.6 is 0 Å². The number of aromatic carboxylic acids is 1. The Morgan fingerprint density at radius 2 is 2.44 bits per heavy atom. The first-order chi connectivity index (χ1) is 8.56. The maximum Gasteiger partial charge on any atom is 0.371 e. The molecule has 0 aliphatic carbocycles. The van der Waals surface area contributed by atoms with E-state index in [0.717, 1.165) is 12.0 Å². The highest BCUT2D eigenvalue weighted by Gasteiger charge is 2.20. The highest BCUT2D eigenvalue weighted by atomic mass is 16.4. The van der Waals surface area contributed by atoms with Gasteiger partial charge in [0, 0.05) is 31.1 Å². The highest BCUT2D eigenvalue weighted by Crippen LogP contribution is 2.14. The number of nitrogens with one attached hydrogen (secondary N) is 2. The lowest BCUT2D eigenvalue weighted by molar-refractivity contribution is -0.119. The van der Waals surface area contributed by atoms with Crippen molar-refractivity contribution in [3.8, 4) is 0 Å². The van der Waals surface area contributed by atoms with Gasteiger partial charge in [-0.05, 0) is 19.4 Å². The SMILES string of the molecule is Cc1oc(C(=O)O)cc1CNCC1CCC(=O)N1. The number of carbonyl (C=O) groups is 2. The first kappa shape index (κ1) is 12.6. The number of rotatable bonds is 5. The molecule has 1 aromatic rings. The normalized spacial score (nSPS) is 18.9. The van der Waals surface area contributed by atoms with Gasteiger partial charge in [0.05, 0.1) is 0 Å². The van der Waals surface area contributed by atoms with Crippen molar-refractivity contribution in [2.24, 2.45) is 0 Å². The predicted molar refractivity (Wildman–Crippen MR) is 63.3 cm³/mol. The van der Waals surface area contributed by atoms with Gasteiger partial charge in [-0.1, -0.05) is 0 Å². The van der Waals surface area contributed by atoms with Crippen LogP contribution in [0.3, 0.4) is 0 Å². The van der Waals surface area contributed by atoms with E-state index in [-0.39, 0.29) is 17.7 Å². The number of amides is 1. The first-order valence-corrected chi connectivity index (χ1v) is 5.89. The third kappa shape index (κ3) is 2.89. The van der Waals surface area contributed by atoms with Gasteiger partial charge in [0.2, 0.25) is 11.7 Å². The molecule has 1 fully saturated rings. The van der Waals surface area contributed by atoms with E-state index in [4.69, 9.17) is 9.52 Å². The van der Waals surface area contributed by atoms with Crippen molar-refractivity contribution in [3.05, 3.63) is 23.2 Å². The second kappa shape index (κ2) is 5.22. The molecule has 1 atom stereocenters. The minimum Gasteiger partial charge on any atom is -0.475 e. The van der Waals surface area contributed by atoms with Gasteiger partial charge in [0.25, 0.3) is 0 Å². The van der Waals surface area contributed by atoms with Gasteiger partial charge in [0.15, 0.2) is 0 Å². The molecule has 0 aromatic carbocycles. The molecular weight excluding hydrogens is 236 g/mol. The molecule has 0 spiro atoms. The largest absolute Gasteiger partial charge is 0.475 e. The molecule has 6 nitrogen and oxygen atoms in total. The number of carbonyl (C=O) groups excluding carboxylic acids is 1. The highest BCUT2D eigenvalue weighted by molar-refractivity contribution is 5.84. The second-order valence-electron chi connectivity index (χ2n) is 4.43. The lowest BCUT2D eigenvalue weighted by Gasteiger charge is -2.10. The molecule has 98 valence electrons. The molecule has 1 saturated heterocycles. The zero-order valence-electron chi connectivity index (χ0n) is 10.2. The Balaban J connectivity index is 1.83. The van der Waals surface area contributed by atoms with Crippen molar-refractivity contribution in [1.82, 2.24) is 10.6 Å². The quantitative estimate of drug-likeness (QED) is 0.715. The lowest BCUT2D eigenvalue weighted by Crippen LogP contribution is -2.35. The molecule has 2 heterocycles. The maximum absolute atomic E-state index is 11.0. The first-order valence-electron chi connectivity index (χ1n) is 5.89. The minimum absolute atomic E-state index is 0.0431. The van der Waals surface area contributed by atoms with E-state index < -0.39 is 5.97 Å². The Morgan fingerprint density at radius 3 is 3.00 bits per heavy atom. The molecule has 1 amide bonds. The average Bonchev–Trinajstić information content (AvgIpc) is 2.87.